The molecule has 1 N–H and O–H groups in total. The number of nitrogens with one attached hydrogen (secondary N) is 1. The SMILES string of the molecule is Cc1noc(C)c1CCC(=O)Nc1cccc(-c2cn3cccc(C)c3n2)c1. The Bertz CT molecular complexity index is 1140. The fourth-order valence-electron chi connectivity index (χ4n) is 3.37. The van der Waals surface area contributed by atoms with Gasteiger partial charge in [-0.15, -0.1) is 0 Å². The summed E-state index contributed by atoms with van der Waals surface area (Å²) in [6.07, 6.45) is 4.97. The molecule has 28 heavy (non-hydrogen) atoms. The Balaban J connectivity index is 1.49. The molecule has 0 unspecified atom stereocenters. The Kier molecular flexibility index (Phi) is 4.69. The molecule has 0 saturated carbocycles. The van der Waals surface area contributed by atoms with Crippen molar-refractivity contribution in [3.05, 3.63) is 71.4 Å². The zero-order valence-electron chi connectivity index (χ0n) is 16.2. The molecule has 1 aromatic carbocycles. The van der Waals surface area contributed by atoms with Gasteiger partial charge in [0.1, 0.15) is 11.4 Å². The van der Waals surface area contributed by atoms with Crippen LogP contribution in [-0.2, 0) is 11.2 Å². The molecule has 3 heterocycles. The van der Waals surface area contributed by atoms with Crippen molar-refractivity contribution in [1.82, 2.24) is 14.5 Å². The standard InChI is InChI=1S/C22H22N4O2/c1-14-6-5-11-26-13-20(24-22(14)26)17-7-4-8-18(12-17)23-21(27)10-9-19-15(2)25-28-16(19)3/h4-8,11-13H,9-10H2,1-3H3,(H,23,27). The zero-order valence-corrected chi connectivity index (χ0v) is 16.2. The van der Waals surface area contributed by atoms with Crippen LogP contribution in [0.25, 0.3) is 16.9 Å². The molecule has 6 heteroatoms. The molecular weight excluding hydrogens is 352 g/mol. The number of pyridine rings is 1. The number of amides is 1. The smallest absolute Gasteiger partial charge is 0.224 e. The fourth-order valence-corrected chi connectivity index (χ4v) is 3.37. The lowest BCUT2D eigenvalue weighted by atomic mass is 10.1. The predicted octanol–water partition coefficient (Wildman–Crippen LogP) is 4.49. The maximum absolute atomic E-state index is 12.4. The van der Waals surface area contributed by atoms with Crippen LogP contribution in [0, 0.1) is 20.8 Å². The van der Waals surface area contributed by atoms with Crippen molar-refractivity contribution >= 4 is 17.2 Å². The van der Waals surface area contributed by atoms with E-state index in [0.29, 0.717) is 12.8 Å². The van der Waals surface area contributed by atoms with Crippen molar-refractivity contribution in [2.75, 3.05) is 5.32 Å². The molecule has 0 saturated heterocycles. The van der Waals surface area contributed by atoms with E-state index in [1.807, 2.05) is 74.0 Å². The number of anilines is 1. The van der Waals surface area contributed by atoms with Crippen molar-refractivity contribution in [2.45, 2.75) is 33.6 Å². The second-order valence-electron chi connectivity index (χ2n) is 6.98. The van der Waals surface area contributed by atoms with Crippen LogP contribution in [0.15, 0.2) is 53.3 Å². The first kappa shape index (κ1) is 18.0. The van der Waals surface area contributed by atoms with Crippen molar-refractivity contribution in [3.63, 3.8) is 0 Å². The van der Waals surface area contributed by atoms with Crippen LogP contribution in [0.3, 0.4) is 0 Å². The van der Waals surface area contributed by atoms with Gasteiger partial charge in [0.15, 0.2) is 0 Å². The van der Waals surface area contributed by atoms with Crippen LogP contribution in [0.4, 0.5) is 5.69 Å². The number of nitrogens with zero attached hydrogens (tertiary/aromatic N) is 3. The number of carbonyl (C=O) groups excluding carboxylic acids is 1. The van der Waals surface area contributed by atoms with E-state index in [4.69, 9.17) is 9.51 Å². The molecule has 0 atom stereocenters. The molecule has 3 aromatic heterocycles. The summed E-state index contributed by atoms with van der Waals surface area (Å²) in [5.41, 5.74) is 6.50. The summed E-state index contributed by atoms with van der Waals surface area (Å²) < 4.78 is 7.17. The lowest BCUT2D eigenvalue weighted by molar-refractivity contribution is -0.116. The molecule has 142 valence electrons. The van der Waals surface area contributed by atoms with Gasteiger partial charge in [-0.3, -0.25) is 4.79 Å². The number of rotatable bonds is 5. The first-order valence-corrected chi connectivity index (χ1v) is 9.27. The molecule has 0 bridgehead atoms. The van der Waals surface area contributed by atoms with Gasteiger partial charge in [-0.1, -0.05) is 23.4 Å². The third kappa shape index (κ3) is 3.53. The molecule has 0 spiro atoms. The van der Waals surface area contributed by atoms with E-state index >= 15 is 0 Å². The molecule has 4 aromatic rings. The molecule has 6 nitrogen and oxygen atoms in total. The summed E-state index contributed by atoms with van der Waals surface area (Å²) in [6.45, 7) is 5.80. The number of hydrogen-bond acceptors (Lipinski definition) is 4. The van der Waals surface area contributed by atoms with E-state index in [2.05, 4.69) is 10.5 Å². The Hall–Kier alpha value is -3.41. The van der Waals surface area contributed by atoms with Gasteiger partial charge in [0, 0.05) is 35.6 Å². The minimum Gasteiger partial charge on any atom is -0.361 e. The van der Waals surface area contributed by atoms with Crippen LogP contribution in [0.5, 0.6) is 0 Å². The zero-order chi connectivity index (χ0) is 19.7. The summed E-state index contributed by atoms with van der Waals surface area (Å²) in [7, 11) is 0. The summed E-state index contributed by atoms with van der Waals surface area (Å²) in [5.74, 6) is 0.734. The van der Waals surface area contributed by atoms with Crippen LogP contribution in [-0.4, -0.2) is 20.4 Å². The van der Waals surface area contributed by atoms with Crippen LogP contribution in [0.1, 0.15) is 29.0 Å². The van der Waals surface area contributed by atoms with Gasteiger partial charge >= 0.3 is 0 Å². The highest BCUT2D eigenvalue weighted by Gasteiger charge is 2.12. The maximum atomic E-state index is 12.4. The Morgan fingerprint density at radius 2 is 2.04 bits per heavy atom. The van der Waals surface area contributed by atoms with E-state index in [0.717, 1.165) is 45.2 Å². The number of fused-ring (bicyclic) bond motifs is 1. The average Bonchev–Trinajstić information content (AvgIpc) is 3.25. The quantitative estimate of drug-likeness (QED) is 0.559. The van der Waals surface area contributed by atoms with E-state index in [1.165, 1.54) is 0 Å². The largest absolute Gasteiger partial charge is 0.361 e. The number of hydrogen-bond donors (Lipinski definition) is 1. The van der Waals surface area contributed by atoms with Crippen LogP contribution >= 0.6 is 0 Å². The highest BCUT2D eigenvalue weighted by Crippen LogP contribution is 2.24. The third-order valence-corrected chi connectivity index (χ3v) is 4.90. The number of carbonyl (C=O) groups is 1. The third-order valence-electron chi connectivity index (χ3n) is 4.90. The van der Waals surface area contributed by atoms with Crippen molar-refractivity contribution in [3.8, 4) is 11.3 Å². The Morgan fingerprint density at radius 1 is 1.18 bits per heavy atom. The topological polar surface area (TPSA) is 72.4 Å². The van der Waals surface area contributed by atoms with Gasteiger partial charge in [-0.2, -0.15) is 0 Å². The number of aryl methyl sites for hydroxylation is 3. The van der Waals surface area contributed by atoms with Crippen molar-refractivity contribution in [1.29, 1.82) is 0 Å². The average molecular weight is 374 g/mol. The molecular formula is C22H22N4O2. The maximum Gasteiger partial charge on any atom is 0.224 e. The number of aromatic nitrogens is 3. The number of imidazole rings is 1. The lowest BCUT2D eigenvalue weighted by Crippen LogP contribution is -2.12. The van der Waals surface area contributed by atoms with Crippen LogP contribution in [0.2, 0.25) is 0 Å². The van der Waals surface area contributed by atoms with Gasteiger partial charge in [0.25, 0.3) is 0 Å². The van der Waals surface area contributed by atoms with E-state index in [9.17, 15) is 4.79 Å². The van der Waals surface area contributed by atoms with Crippen molar-refractivity contribution in [2.24, 2.45) is 0 Å². The highest BCUT2D eigenvalue weighted by atomic mass is 16.5. The van der Waals surface area contributed by atoms with Crippen molar-refractivity contribution < 1.29 is 9.32 Å². The molecule has 0 aliphatic carbocycles. The summed E-state index contributed by atoms with van der Waals surface area (Å²) in [4.78, 5) is 17.1. The minimum atomic E-state index is -0.0389. The molecule has 0 radical (unpaired) electrons. The van der Waals surface area contributed by atoms with E-state index in [-0.39, 0.29) is 5.91 Å². The Labute approximate surface area is 163 Å². The van der Waals surface area contributed by atoms with Gasteiger partial charge < -0.3 is 14.2 Å². The summed E-state index contributed by atoms with van der Waals surface area (Å²) in [5, 5.41) is 6.91. The first-order valence-electron chi connectivity index (χ1n) is 9.27. The van der Waals surface area contributed by atoms with Gasteiger partial charge in [0.05, 0.1) is 11.4 Å². The number of benzene rings is 1. The Morgan fingerprint density at radius 3 is 2.79 bits per heavy atom. The summed E-state index contributed by atoms with van der Waals surface area (Å²) in [6, 6.07) is 11.8. The normalized spacial score (nSPS) is 11.1. The monoisotopic (exact) mass is 374 g/mol. The second kappa shape index (κ2) is 7.31. The minimum absolute atomic E-state index is 0.0389. The second-order valence-corrected chi connectivity index (χ2v) is 6.98. The van der Waals surface area contributed by atoms with Gasteiger partial charge in [-0.25, -0.2) is 4.98 Å². The predicted molar refractivity (Wildman–Crippen MR) is 108 cm³/mol. The molecule has 4 rings (SSSR count). The molecule has 0 aliphatic heterocycles. The lowest BCUT2D eigenvalue weighted by Gasteiger charge is -2.06. The summed E-state index contributed by atoms with van der Waals surface area (Å²) >= 11 is 0. The van der Waals surface area contributed by atoms with E-state index < -0.39 is 0 Å². The van der Waals surface area contributed by atoms with Gasteiger partial charge in [-0.05, 0) is 51.0 Å². The first-order chi connectivity index (χ1) is 13.5. The van der Waals surface area contributed by atoms with E-state index in [1.54, 1.807) is 0 Å². The molecule has 0 aliphatic rings. The molecule has 1 amide bonds. The van der Waals surface area contributed by atoms with Gasteiger partial charge in [0.2, 0.25) is 5.91 Å². The van der Waals surface area contributed by atoms with Crippen LogP contribution < -0.4 is 5.32 Å². The molecule has 0 fully saturated rings. The highest BCUT2D eigenvalue weighted by molar-refractivity contribution is 5.91. The fraction of sp³-hybridized carbons (Fsp3) is 0.227.